The number of pyridine rings is 1. The molecule has 0 unspecified atom stereocenters. The maximum atomic E-state index is 5.68. The molecule has 0 saturated heterocycles. The molecule has 0 bridgehead atoms. The molecule has 0 aromatic carbocycles. The summed E-state index contributed by atoms with van der Waals surface area (Å²) in [5.41, 5.74) is 0.890. The van der Waals surface area contributed by atoms with Crippen LogP contribution < -0.4 is 10.1 Å². The maximum Gasteiger partial charge on any atom is 0.227 e. The van der Waals surface area contributed by atoms with Crippen LogP contribution in [-0.2, 0) is 0 Å². The molecule has 0 aliphatic carbocycles. The van der Waals surface area contributed by atoms with Crippen molar-refractivity contribution in [3.8, 4) is 11.6 Å². The van der Waals surface area contributed by atoms with Crippen molar-refractivity contribution in [1.82, 2.24) is 15.0 Å². The number of hydrogen-bond acceptors (Lipinski definition) is 5. The van der Waals surface area contributed by atoms with Crippen LogP contribution in [0.15, 0.2) is 30.7 Å². The predicted molar refractivity (Wildman–Crippen MR) is 69.9 cm³/mol. The van der Waals surface area contributed by atoms with Gasteiger partial charge in [0.2, 0.25) is 11.8 Å². The minimum absolute atomic E-state index is 0.552. The highest BCUT2D eigenvalue weighted by Crippen LogP contribution is 2.22. The molecule has 0 aliphatic heterocycles. The summed E-state index contributed by atoms with van der Waals surface area (Å²) in [5.74, 6) is 1.80. The van der Waals surface area contributed by atoms with E-state index < -0.39 is 0 Å². The molecule has 2 aromatic heterocycles. The van der Waals surface area contributed by atoms with Gasteiger partial charge in [-0.25, -0.2) is 4.98 Å². The third-order valence-corrected chi connectivity index (χ3v) is 2.31. The van der Waals surface area contributed by atoms with E-state index in [0.717, 1.165) is 18.5 Å². The first-order chi connectivity index (χ1) is 8.79. The van der Waals surface area contributed by atoms with Crippen molar-refractivity contribution in [1.29, 1.82) is 0 Å². The van der Waals surface area contributed by atoms with Crippen LogP contribution in [0.5, 0.6) is 11.6 Å². The summed E-state index contributed by atoms with van der Waals surface area (Å²) in [4.78, 5) is 12.5. The monoisotopic (exact) mass is 244 g/mol. The Balaban J connectivity index is 2.16. The molecule has 0 amide bonds. The molecule has 5 heteroatoms. The fraction of sp³-hybridized carbons (Fsp3) is 0.308. The average Bonchev–Trinajstić information content (AvgIpc) is 2.41. The first-order valence-corrected chi connectivity index (χ1v) is 5.95. The lowest BCUT2D eigenvalue weighted by molar-refractivity contribution is 0.456. The van der Waals surface area contributed by atoms with Crippen LogP contribution in [0.1, 0.15) is 18.9 Å². The lowest BCUT2D eigenvalue weighted by Crippen LogP contribution is -2.05. The molecule has 0 aliphatic rings. The van der Waals surface area contributed by atoms with E-state index in [0.29, 0.717) is 17.6 Å². The molecular formula is C13H16N4O. The van der Waals surface area contributed by atoms with Gasteiger partial charge in [-0.2, -0.15) is 4.98 Å². The molecule has 2 rings (SSSR count). The molecule has 0 radical (unpaired) electrons. The predicted octanol–water partition coefficient (Wildman–Crippen LogP) is 2.79. The van der Waals surface area contributed by atoms with Gasteiger partial charge in [0.05, 0.1) is 6.20 Å². The minimum Gasteiger partial charge on any atom is -0.437 e. The van der Waals surface area contributed by atoms with Crippen molar-refractivity contribution in [2.75, 3.05) is 11.9 Å². The van der Waals surface area contributed by atoms with Crippen molar-refractivity contribution in [2.45, 2.75) is 20.3 Å². The Bertz CT molecular complexity index is 502. The quantitative estimate of drug-likeness (QED) is 0.876. The number of anilines is 1. The van der Waals surface area contributed by atoms with E-state index in [1.54, 1.807) is 18.6 Å². The minimum atomic E-state index is 0.552. The highest BCUT2D eigenvalue weighted by Gasteiger charge is 2.06. The Morgan fingerprint density at radius 2 is 2.22 bits per heavy atom. The van der Waals surface area contributed by atoms with Crippen molar-refractivity contribution in [2.24, 2.45) is 0 Å². The summed E-state index contributed by atoms with van der Waals surface area (Å²) in [6, 6.07) is 3.66. The second-order valence-corrected chi connectivity index (χ2v) is 3.90. The largest absolute Gasteiger partial charge is 0.437 e. The lowest BCUT2D eigenvalue weighted by Gasteiger charge is -2.09. The van der Waals surface area contributed by atoms with Gasteiger partial charge in [0.15, 0.2) is 0 Å². The maximum absolute atomic E-state index is 5.68. The SMILES string of the molecule is CCCNc1ncc(C)c(Oc2cccnc2)n1. The van der Waals surface area contributed by atoms with Gasteiger partial charge in [0.25, 0.3) is 0 Å². The summed E-state index contributed by atoms with van der Waals surface area (Å²) < 4.78 is 5.68. The van der Waals surface area contributed by atoms with Crippen LogP contribution >= 0.6 is 0 Å². The molecule has 0 spiro atoms. The molecule has 0 saturated carbocycles. The van der Waals surface area contributed by atoms with E-state index in [4.69, 9.17) is 4.74 Å². The zero-order chi connectivity index (χ0) is 12.8. The van der Waals surface area contributed by atoms with Crippen LogP contribution in [0.4, 0.5) is 5.95 Å². The van der Waals surface area contributed by atoms with Crippen LogP contribution in [0.2, 0.25) is 0 Å². The number of aryl methyl sites for hydroxylation is 1. The van der Waals surface area contributed by atoms with Gasteiger partial charge in [0, 0.05) is 24.5 Å². The lowest BCUT2D eigenvalue weighted by atomic mass is 10.4. The van der Waals surface area contributed by atoms with Crippen LogP contribution in [0.3, 0.4) is 0 Å². The van der Waals surface area contributed by atoms with Gasteiger partial charge < -0.3 is 10.1 Å². The molecular weight excluding hydrogens is 228 g/mol. The van der Waals surface area contributed by atoms with Crippen LogP contribution in [0.25, 0.3) is 0 Å². The third-order valence-electron chi connectivity index (χ3n) is 2.31. The Morgan fingerprint density at radius 1 is 1.33 bits per heavy atom. The molecule has 1 N–H and O–H groups in total. The van der Waals surface area contributed by atoms with E-state index in [1.165, 1.54) is 0 Å². The fourth-order valence-electron chi connectivity index (χ4n) is 1.37. The zero-order valence-electron chi connectivity index (χ0n) is 10.6. The number of ether oxygens (including phenoxy) is 1. The van der Waals surface area contributed by atoms with Gasteiger partial charge >= 0.3 is 0 Å². The van der Waals surface area contributed by atoms with Crippen molar-refractivity contribution >= 4 is 5.95 Å². The number of aromatic nitrogens is 3. The first-order valence-electron chi connectivity index (χ1n) is 5.95. The third kappa shape index (κ3) is 3.16. The first kappa shape index (κ1) is 12.3. The summed E-state index contributed by atoms with van der Waals surface area (Å²) in [6.45, 7) is 4.85. The Morgan fingerprint density at radius 3 is 2.94 bits per heavy atom. The fourth-order valence-corrected chi connectivity index (χ4v) is 1.37. The summed E-state index contributed by atoms with van der Waals surface area (Å²) in [6.07, 6.45) is 6.13. The van der Waals surface area contributed by atoms with Crippen molar-refractivity contribution < 1.29 is 4.74 Å². The van der Waals surface area contributed by atoms with Gasteiger partial charge in [-0.15, -0.1) is 0 Å². The van der Waals surface area contributed by atoms with Crippen molar-refractivity contribution in [3.63, 3.8) is 0 Å². The van der Waals surface area contributed by atoms with Gasteiger partial charge in [-0.3, -0.25) is 4.98 Å². The molecule has 94 valence electrons. The zero-order valence-corrected chi connectivity index (χ0v) is 10.6. The second-order valence-electron chi connectivity index (χ2n) is 3.90. The topological polar surface area (TPSA) is 59.9 Å². The Hall–Kier alpha value is -2.17. The van der Waals surface area contributed by atoms with E-state index in [1.807, 2.05) is 19.1 Å². The summed E-state index contributed by atoms with van der Waals surface area (Å²) in [5, 5.41) is 3.13. The Labute approximate surface area is 106 Å². The number of hydrogen-bond donors (Lipinski definition) is 1. The van der Waals surface area contributed by atoms with Gasteiger partial charge in [-0.1, -0.05) is 6.92 Å². The highest BCUT2D eigenvalue weighted by molar-refractivity contribution is 5.35. The smallest absolute Gasteiger partial charge is 0.227 e. The van der Waals surface area contributed by atoms with E-state index >= 15 is 0 Å². The number of nitrogens with zero attached hydrogens (tertiary/aromatic N) is 3. The van der Waals surface area contributed by atoms with E-state index in [-0.39, 0.29) is 0 Å². The van der Waals surface area contributed by atoms with E-state index in [2.05, 4.69) is 27.2 Å². The number of rotatable bonds is 5. The molecule has 18 heavy (non-hydrogen) atoms. The molecule has 2 heterocycles. The van der Waals surface area contributed by atoms with Crippen LogP contribution in [-0.4, -0.2) is 21.5 Å². The number of nitrogens with one attached hydrogen (secondary N) is 1. The highest BCUT2D eigenvalue weighted by atomic mass is 16.5. The van der Waals surface area contributed by atoms with Gasteiger partial charge in [0.1, 0.15) is 5.75 Å². The Kier molecular flexibility index (Phi) is 4.06. The average molecular weight is 244 g/mol. The molecule has 2 aromatic rings. The van der Waals surface area contributed by atoms with Crippen LogP contribution in [0, 0.1) is 6.92 Å². The molecule has 5 nitrogen and oxygen atoms in total. The summed E-state index contributed by atoms with van der Waals surface area (Å²) >= 11 is 0. The molecule has 0 fully saturated rings. The standard InChI is InChI=1S/C13H16N4O/c1-3-6-15-13-16-8-10(2)12(17-13)18-11-5-4-7-14-9-11/h4-5,7-9H,3,6H2,1-2H3,(H,15,16,17). The van der Waals surface area contributed by atoms with E-state index in [9.17, 15) is 0 Å². The second kappa shape index (κ2) is 5.95. The van der Waals surface area contributed by atoms with Crippen molar-refractivity contribution in [3.05, 3.63) is 36.3 Å². The summed E-state index contributed by atoms with van der Waals surface area (Å²) in [7, 11) is 0. The normalized spacial score (nSPS) is 10.1. The van der Waals surface area contributed by atoms with Gasteiger partial charge in [-0.05, 0) is 25.5 Å². The molecule has 0 atom stereocenters.